The van der Waals surface area contributed by atoms with Crippen molar-refractivity contribution in [1.29, 1.82) is 0 Å². The molecular weight excluding hydrogens is 196 g/mol. The fourth-order valence-electron chi connectivity index (χ4n) is 0.999. The Kier molecular flexibility index (Phi) is 6.27. The van der Waals surface area contributed by atoms with Crippen LogP contribution in [0.15, 0.2) is 0 Å². The first-order chi connectivity index (χ1) is 6.89. The van der Waals surface area contributed by atoms with Gasteiger partial charge in [-0.3, -0.25) is 0 Å². The summed E-state index contributed by atoms with van der Waals surface area (Å²) in [7, 11) is 0. The summed E-state index contributed by atoms with van der Waals surface area (Å²) in [5, 5.41) is 2.68. The highest BCUT2D eigenvalue weighted by atomic mass is 16.6. The zero-order valence-corrected chi connectivity index (χ0v) is 10.0. The van der Waals surface area contributed by atoms with Gasteiger partial charge in [0.15, 0.2) is 0 Å². The smallest absolute Gasteiger partial charge is 0.407 e. The monoisotopic (exact) mass is 218 g/mol. The molecule has 0 aliphatic heterocycles. The molecule has 5 nitrogen and oxygen atoms in total. The first kappa shape index (κ1) is 14.2. The molecule has 1 amide bonds. The Bertz CT molecular complexity index is 190. The van der Waals surface area contributed by atoms with E-state index in [1.807, 2.05) is 27.7 Å². The summed E-state index contributed by atoms with van der Waals surface area (Å²) in [5.74, 6) is 5.19. The van der Waals surface area contributed by atoms with Crippen molar-refractivity contribution in [2.45, 2.75) is 39.7 Å². The standard InChI is InChI=1S/C10H22N2O3/c1-5-8(7-14-11)6-12-9(13)15-10(2,3)4/h8H,5-7,11H2,1-4H3,(H,12,13). The molecule has 0 radical (unpaired) electrons. The van der Waals surface area contributed by atoms with Crippen molar-refractivity contribution in [2.75, 3.05) is 13.2 Å². The summed E-state index contributed by atoms with van der Waals surface area (Å²) >= 11 is 0. The number of ether oxygens (including phenoxy) is 1. The molecule has 90 valence electrons. The van der Waals surface area contributed by atoms with Crippen molar-refractivity contribution in [2.24, 2.45) is 11.8 Å². The molecule has 0 saturated carbocycles. The maximum Gasteiger partial charge on any atom is 0.407 e. The lowest BCUT2D eigenvalue weighted by molar-refractivity contribution is 0.0492. The number of nitrogens with one attached hydrogen (secondary N) is 1. The van der Waals surface area contributed by atoms with Crippen LogP contribution in [-0.4, -0.2) is 24.8 Å². The Morgan fingerprint density at radius 2 is 2.07 bits per heavy atom. The SMILES string of the molecule is CCC(CNC(=O)OC(C)(C)C)CON. The normalized spacial score (nSPS) is 13.4. The molecule has 1 atom stereocenters. The van der Waals surface area contributed by atoms with Crippen LogP contribution in [-0.2, 0) is 9.57 Å². The minimum Gasteiger partial charge on any atom is -0.444 e. The van der Waals surface area contributed by atoms with E-state index in [1.54, 1.807) is 0 Å². The zero-order chi connectivity index (χ0) is 11.9. The zero-order valence-electron chi connectivity index (χ0n) is 10.0. The molecule has 0 aliphatic carbocycles. The quantitative estimate of drug-likeness (QED) is 0.684. The molecule has 15 heavy (non-hydrogen) atoms. The Balaban J connectivity index is 3.78. The minimum atomic E-state index is -0.462. The predicted octanol–water partition coefficient (Wildman–Crippen LogP) is 1.43. The number of carbonyl (C=O) groups is 1. The second-order valence-corrected chi connectivity index (χ2v) is 4.49. The second-order valence-electron chi connectivity index (χ2n) is 4.49. The molecule has 0 spiro atoms. The fourth-order valence-corrected chi connectivity index (χ4v) is 0.999. The first-order valence-corrected chi connectivity index (χ1v) is 5.17. The number of rotatable bonds is 5. The molecule has 0 aromatic carbocycles. The third-order valence-corrected chi connectivity index (χ3v) is 1.84. The maximum absolute atomic E-state index is 11.3. The van der Waals surface area contributed by atoms with Crippen LogP contribution < -0.4 is 11.2 Å². The molecule has 0 aliphatic rings. The summed E-state index contributed by atoms with van der Waals surface area (Å²) in [5.41, 5.74) is -0.462. The van der Waals surface area contributed by atoms with Gasteiger partial charge in [0.25, 0.3) is 0 Å². The average Bonchev–Trinajstić information content (AvgIpc) is 2.09. The topological polar surface area (TPSA) is 73.6 Å². The molecule has 0 aromatic heterocycles. The Morgan fingerprint density at radius 3 is 2.47 bits per heavy atom. The maximum atomic E-state index is 11.3. The number of alkyl carbamates (subject to hydrolysis) is 1. The summed E-state index contributed by atoms with van der Waals surface area (Å²) < 4.78 is 5.09. The van der Waals surface area contributed by atoms with Crippen LogP contribution in [0.3, 0.4) is 0 Å². The molecule has 1 unspecified atom stereocenters. The van der Waals surface area contributed by atoms with Gasteiger partial charge in [0.1, 0.15) is 5.60 Å². The van der Waals surface area contributed by atoms with Crippen molar-refractivity contribution in [3.8, 4) is 0 Å². The van der Waals surface area contributed by atoms with Gasteiger partial charge in [-0.15, -0.1) is 0 Å². The van der Waals surface area contributed by atoms with E-state index in [1.165, 1.54) is 0 Å². The molecular formula is C10H22N2O3. The van der Waals surface area contributed by atoms with Crippen molar-refractivity contribution < 1.29 is 14.4 Å². The predicted molar refractivity (Wildman–Crippen MR) is 58.2 cm³/mol. The van der Waals surface area contributed by atoms with Gasteiger partial charge in [-0.2, -0.15) is 0 Å². The highest BCUT2D eigenvalue weighted by Gasteiger charge is 2.16. The summed E-state index contributed by atoms with van der Waals surface area (Å²) in [4.78, 5) is 15.8. The van der Waals surface area contributed by atoms with E-state index in [2.05, 4.69) is 10.2 Å². The van der Waals surface area contributed by atoms with Crippen molar-refractivity contribution >= 4 is 6.09 Å². The average molecular weight is 218 g/mol. The van der Waals surface area contributed by atoms with Gasteiger partial charge in [0.2, 0.25) is 0 Å². The third kappa shape index (κ3) is 8.20. The van der Waals surface area contributed by atoms with Crippen LogP contribution in [0, 0.1) is 5.92 Å². The summed E-state index contributed by atoms with van der Waals surface area (Å²) in [6, 6.07) is 0. The molecule has 3 N–H and O–H groups in total. The van der Waals surface area contributed by atoms with Crippen LogP contribution in [0.25, 0.3) is 0 Å². The van der Waals surface area contributed by atoms with Crippen molar-refractivity contribution in [3.05, 3.63) is 0 Å². The highest BCUT2D eigenvalue weighted by Crippen LogP contribution is 2.07. The third-order valence-electron chi connectivity index (χ3n) is 1.84. The van der Waals surface area contributed by atoms with Gasteiger partial charge in [-0.05, 0) is 27.2 Å². The molecule has 0 rings (SSSR count). The summed E-state index contributed by atoms with van der Waals surface area (Å²) in [6.07, 6.45) is 0.491. The van der Waals surface area contributed by atoms with E-state index < -0.39 is 11.7 Å². The second kappa shape index (κ2) is 6.63. The van der Waals surface area contributed by atoms with Crippen LogP contribution >= 0.6 is 0 Å². The Morgan fingerprint density at radius 1 is 1.47 bits per heavy atom. The number of amides is 1. The van der Waals surface area contributed by atoms with Crippen LogP contribution in [0.1, 0.15) is 34.1 Å². The molecule has 0 fully saturated rings. The van der Waals surface area contributed by atoms with E-state index in [0.717, 1.165) is 6.42 Å². The van der Waals surface area contributed by atoms with Crippen LogP contribution in [0.5, 0.6) is 0 Å². The van der Waals surface area contributed by atoms with E-state index in [4.69, 9.17) is 10.6 Å². The Labute approximate surface area is 91.3 Å². The Hall–Kier alpha value is -0.810. The lowest BCUT2D eigenvalue weighted by Crippen LogP contribution is -2.36. The van der Waals surface area contributed by atoms with Gasteiger partial charge in [0.05, 0.1) is 6.61 Å². The number of hydrogen-bond donors (Lipinski definition) is 2. The van der Waals surface area contributed by atoms with Crippen molar-refractivity contribution in [1.82, 2.24) is 5.32 Å². The van der Waals surface area contributed by atoms with Crippen molar-refractivity contribution in [3.63, 3.8) is 0 Å². The van der Waals surface area contributed by atoms with E-state index in [9.17, 15) is 4.79 Å². The highest BCUT2D eigenvalue weighted by molar-refractivity contribution is 5.67. The first-order valence-electron chi connectivity index (χ1n) is 5.17. The lowest BCUT2D eigenvalue weighted by atomic mass is 10.1. The van der Waals surface area contributed by atoms with Crippen LogP contribution in [0.4, 0.5) is 4.79 Å². The lowest BCUT2D eigenvalue weighted by Gasteiger charge is -2.21. The largest absolute Gasteiger partial charge is 0.444 e. The van der Waals surface area contributed by atoms with E-state index >= 15 is 0 Å². The molecule has 0 heterocycles. The molecule has 0 aromatic rings. The van der Waals surface area contributed by atoms with Gasteiger partial charge in [-0.1, -0.05) is 6.92 Å². The van der Waals surface area contributed by atoms with Crippen LogP contribution in [0.2, 0.25) is 0 Å². The van der Waals surface area contributed by atoms with Gasteiger partial charge < -0.3 is 14.9 Å². The molecule has 0 bridgehead atoms. The summed E-state index contributed by atoms with van der Waals surface area (Å²) in [6.45, 7) is 8.45. The number of hydrogen-bond acceptors (Lipinski definition) is 4. The number of nitrogens with two attached hydrogens (primary N) is 1. The molecule has 0 saturated heterocycles. The minimum absolute atomic E-state index is 0.225. The fraction of sp³-hybridized carbons (Fsp3) is 0.900. The number of carbonyl (C=O) groups excluding carboxylic acids is 1. The van der Waals surface area contributed by atoms with Gasteiger partial charge in [-0.25, -0.2) is 10.7 Å². The van der Waals surface area contributed by atoms with Gasteiger partial charge in [0, 0.05) is 12.5 Å². The van der Waals surface area contributed by atoms with E-state index in [0.29, 0.717) is 13.2 Å². The molecule has 5 heteroatoms. The van der Waals surface area contributed by atoms with Gasteiger partial charge >= 0.3 is 6.09 Å². The van der Waals surface area contributed by atoms with E-state index in [-0.39, 0.29) is 5.92 Å².